The number of carbonyl (C=O) groups is 2. The maximum absolute atomic E-state index is 11.9. The van der Waals surface area contributed by atoms with Crippen LogP contribution >= 0.6 is 0 Å². The van der Waals surface area contributed by atoms with Crippen molar-refractivity contribution < 1.29 is 19.2 Å². The number of para-hydroxylation sites is 1. The summed E-state index contributed by atoms with van der Waals surface area (Å²) < 4.78 is 4.89. The SMILES string of the molecule is Cc1cc(C(=O)OCC(=O)Nc2ccccc2C#N)ccc1[N+](=O)[O-]. The molecule has 0 atom stereocenters. The van der Waals surface area contributed by atoms with Crippen molar-refractivity contribution >= 4 is 23.3 Å². The summed E-state index contributed by atoms with van der Waals surface area (Å²) in [5.41, 5.74) is 0.910. The highest BCUT2D eigenvalue weighted by molar-refractivity contribution is 5.96. The highest BCUT2D eigenvalue weighted by atomic mass is 16.6. The van der Waals surface area contributed by atoms with Crippen molar-refractivity contribution in [1.29, 1.82) is 5.26 Å². The molecule has 0 bridgehead atoms. The van der Waals surface area contributed by atoms with Crippen molar-refractivity contribution in [3.63, 3.8) is 0 Å². The van der Waals surface area contributed by atoms with Crippen molar-refractivity contribution in [1.82, 2.24) is 0 Å². The molecule has 1 N–H and O–H groups in total. The van der Waals surface area contributed by atoms with Crippen LogP contribution in [0.1, 0.15) is 21.5 Å². The number of ether oxygens (including phenoxy) is 1. The highest BCUT2D eigenvalue weighted by Gasteiger charge is 2.16. The van der Waals surface area contributed by atoms with Gasteiger partial charge in [-0.25, -0.2) is 4.79 Å². The fraction of sp³-hybridized carbons (Fsp3) is 0.118. The molecular formula is C17H13N3O5. The first-order valence-corrected chi connectivity index (χ1v) is 7.13. The quantitative estimate of drug-likeness (QED) is 0.507. The summed E-state index contributed by atoms with van der Waals surface area (Å²) >= 11 is 0. The number of nitrogens with one attached hydrogen (secondary N) is 1. The third-order valence-corrected chi connectivity index (χ3v) is 3.29. The average Bonchev–Trinajstić information content (AvgIpc) is 2.59. The zero-order valence-electron chi connectivity index (χ0n) is 13.2. The van der Waals surface area contributed by atoms with Gasteiger partial charge in [0.05, 0.1) is 21.7 Å². The minimum Gasteiger partial charge on any atom is -0.452 e. The second kappa shape index (κ2) is 7.70. The number of nitro benzene ring substituents is 1. The summed E-state index contributed by atoms with van der Waals surface area (Å²) in [4.78, 5) is 34.0. The second-order valence-electron chi connectivity index (χ2n) is 5.04. The predicted molar refractivity (Wildman–Crippen MR) is 87.9 cm³/mol. The predicted octanol–water partition coefficient (Wildman–Crippen LogP) is 2.57. The molecular weight excluding hydrogens is 326 g/mol. The van der Waals surface area contributed by atoms with Crippen molar-refractivity contribution in [2.45, 2.75) is 6.92 Å². The molecule has 0 saturated carbocycles. The van der Waals surface area contributed by atoms with E-state index in [2.05, 4.69) is 5.32 Å². The van der Waals surface area contributed by atoms with E-state index >= 15 is 0 Å². The minimum atomic E-state index is -0.776. The Morgan fingerprint density at radius 2 is 2.00 bits per heavy atom. The van der Waals surface area contributed by atoms with Gasteiger partial charge >= 0.3 is 5.97 Å². The Hall–Kier alpha value is -3.73. The van der Waals surface area contributed by atoms with Gasteiger partial charge in [0, 0.05) is 11.6 Å². The fourth-order valence-corrected chi connectivity index (χ4v) is 2.08. The molecule has 0 aliphatic rings. The maximum atomic E-state index is 11.9. The summed E-state index contributed by atoms with van der Waals surface area (Å²) in [5, 5.41) is 22.2. The molecule has 0 fully saturated rings. The zero-order valence-corrected chi connectivity index (χ0v) is 13.2. The third-order valence-electron chi connectivity index (χ3n) is 3.29. The summed E-state index contributed by atoms with van der Waals surface area (Å²) in [5.74, 6) is -1.38. The summed E-state index contributed by atoms with van der Waals surface area (Å²) in [7, 11) is 0. The van der Waals surface area contributed by atoms with E-state index in [1.165, 1.54) is 25.1 Å². The van der Waals surface area contributed by atoms with Crippen LogP contribution in [0.5, 0.6) is 0 Å². The van der Waals surface area contributed by atoms with Gasteiger partial charge in [-0.15, -0.1) is 0 Å². The number of carbonyl (C=O) groups excluding carboxylic acids is 2. The summed E-state index contributed by atoms with van der Waals surface area (Å²) in [6.45, 7) is 0.953. The molecule has 2 aromatic rings. The first-order chi connectivity index (χ1) is 11.9. The Balaban J connectivity index is 1.98. The van der Waals surface area contributed by atoms with Gasteiger partial charge in [-0.3, -0.25) is 14.9 Å². The van der Waals surface area contributed by atoms with Crippen LogP contribution < -0.4 is 5.32 Å². The van der Waals surface area contributed by atoms with Gasteiger partial charge in [-0.05, 0) is 31.2 Å². The van der Waals surface area contributed by atoms with Gasteiger partial charge in [-0.2, -0.15) is 5.26 Å². The molecule has 1 amide bonds. The molecule has 126 valence electrons. The average molecular weight is 339 g/mol. The number of esters is 1. The highest BCUT2D eigenvalue weighted by Crippen LogP contribution is 2.19. The Morgan fingerprint density at radius 1 is 1.28 bits per heavy atom. The number of nitro groups is 1. The molecule has 25 heavy (non-hydrogen) atoms. The number of benzene rings is 2. The standard InChI is InChI=1S/C17H13N3O5/c1-11-8-12(6-7-15(11)20(23)24)17(22)25-10-16(21)19-14-5-3-2-4-13(14)9-18/h2-8H,10H2,1H3,(H,19,21). The van der Waals surface area contributed by atoms with Gasteiger partial charge in [0.1, 0.15) is 6.07 Å². The summed E-state index contributed by atoms with van der Waals surface area (Å²) in [6.07, 6.45) is 0. The Labute approximate surface area is 142 Å². The van der Waals surface area contributed by atoms with E-state index in [0.29, 0.717) is 11.3 Å². The van der Waals surface area contributed by atoms with E-state index < -0.39 is 23.4 Å². The number of nitriles is 1. The lowest BCUT2D eigenvalue weighted by atomic mass is 10.1. The van der Waals surface area contributed by atoms with Crippen LogP contribution in [0.15, 0.2) is 42.5 Å². The molecule has 0 spiro atoms. The van der Waals surface area contributed by atoms with E-state index in [1.54, 1.807) is 24.3 Å². The van der Waals surface area contributed by atoms with Gasteiger partial charge in [-0.1, -0.05) is 12.1 Å². The molecule has 2 rings (SSSR count). The monoisotopic (exact) mass is 339 g/mol. The van der Waals surface area contributed by atoms with Crippen LogP contribution in [0.2, 0.25) is 0 Å². The van der Waals surface area contributed by atoms with Crippen molar-refractivity contribution in [2.75, 3.05) is 11.9 Å². The normalized spacial score (nSPS) is 9.76. The topological polar surface area (TPSA) is 122 Å². The smallest absolute Gasteiger partial charge is 0.338 e. The number of hydrogen-bond donors (Lipinski definition) is 1. The number of aryl methyl sites for hydroxylation is 1. The van der Waals surface area contributed by atoms with Crippen molar-refractivity contribution in [3.05, 3.63) is 69.3 Å². The maximum Gasteiger partial charge on any atom is 0.338 e. The van der Waals surface area contributed by atoms with E-state index in [4.69, 9.17) is 10.00 Å². The lowest BCUT2D eigenvalue weighted by molar-refractivity contribution is -0.385. The first kappa shape index (κ1) is 17.6. The van der Waals surface area contributed by atoms with Gasteiger partial charge in [0.2, 0.25) is 0 Å². The van der Waals surface area contributed by atoms with E-state index in [9.17, 15) is 19.7 Å². The van der Waals surface area contributed by atoms with Gasteiger partial charge in [0.15, 0.2) is 6.61 Å². The van der Waals surface area contributed by atoms with Crippen LogP contribution in [0.4, 0.5) is 11.4 Å². The Kier molecular flexibility index (Phi) is 5.43. The Morgan fingerprint density at radius 3 is 2.64 bits per heavy atom. The second-order valence-corrected chi connectivity index (χ2v) is 5.04. The largest absolute Gasteiger partial charge is 0.452 e. The lowest BCUT2D eigenvalue weighted by Gasteiger charge is -2.08. The number of anilines is 1. The molecule has 0 saturated heterocycles. The molecule has 0 aliphatic heterocycles. The molecule has 0 radical (unpaired) electrons. The van der Waals surface area contributed by atoms with Crippen LogP contribution in [-0.2, 0) is 9.53 Å². The van der Waals surface area contributed by atoms with Crippen LogP contribution in [0.25, 0.3) is 0 Å². The van der Waals surface area contributed by atoms with E-state index in [0.717, 1.165) is 0 Å². The lowest BCUT2D eigenvalue weighted by Crippen LogP contribution is -2.21. The van der Waals surface area contributed by atoms with Gasteiger partial charge in [0.25, 0.3) is 11.6 Å². The van der Waals surface area contributed by atoms with E-state index in [-0.39, 0.29) is 16.8 Å². The number of amides is 1. The zero-order chi connectivity index (χ0) is 18.4. The van der Waals surface area contributed by atoms with Gasteiger partial charge < -0.3 is 10.1 Å². The van der Waals surface area contributed by atoms with Crippen LogP contribution in [-0.4, -0.2) is 23.4 Å². The van der Waals surface area contributed by atoms with E-state index in [1.807, 2.05) is 6.07 Å². The number of nitrogens with zero attached hydrogens (tertiary/aromatic N) is 2. The van der Waals surface area contributed by atoms with Crippen molar-refractivity contribution in [3.8, 4) is 6.07 Å². The number of rotatable bonds is 5. The fourth-order valence-electron chi connectivity index (χ4n) is 2.08. The van der Waals surface area contributed by atoms with Crippen LogP contribution in [0.3, 0.4) is 0 Å². The first-order valence-electron chi connectivity index (χ1n) is 7.13. The molecule has 8 nitrogen and oxygen atoms in total. The summed E-state index contributed by atoms with van der Waals surface area (Å²) in [6, 6.07) is 12.1. The molecule has 8 heteroatoms. The molecule has 0 heterocycles. The third kappa shape index (κ3) is 4.39. The molecule has 0 aliphatic carbocycles. The minimum absolute atomic E-state index is 0.105. The molecule has 0 aromatic heterocycles. The molecule has 2 aromatic carbocycles. The van der Waals surface area contributed by atoms with Crippen LogP contribution in [0, 0.1) is 28.4 Å². The van der Waals surface area contributed by atoms with Crippen molar-refractivity contribution in [2.24, 2.45) is 0 Å². The number of hydrogen-bond acceptors (Lipinski definition) is 6. The Bertz CT molecular complexity index is 886. The molecule has 0 unspecified atom stereocenters.